The number of hydrogen-bond acceptors (Lipinski definition) is 4. The molecule has 98 valence electrons. The first-order chi connectivity index (χ1) is 8.49. The highest BCUT2D eigenvalue weighted by Gasteiger charge is 2.28. The molecule has 1 aliphatic rings. The molecule has 0 bridgehead atoms. The van der Waals surface area contributed by atoms with Crippen LogP contribution in [0.1, 0.15) is 12.8 Å². The normalized spacial score (nSPS) is 16.4. The molecule has 1 aliphatic carbocycles. The fraction of sp³-hybridized carbons (Fsp3) is 0.455. The van der Waals surface area contributed by atoms with Crippen LogP contribution in [-0.2, 0) is 0 Å². The third kappa shape index (κ3) is 3.04. The lowest BCUT2D eigenvalue weighted by Gasteiger charge is -2.14. The summed E-state index contributed by atoms with van der Waals surface area (Å²) in [4.78, 5) is 10.1. The summed E-state index contributed by atoms with van der Waals surface area (Å²) in [5.41, 5.74) is 6.33. The van der Waals surface area contributed by atoms with Crippen molar-refractivity contribution in [3.05, 3.63) is 32.3 Å². The Labute approximate surface area is 114 Å². The number of nitro benzene ring substituents is 1. The van der Waals surface area contributed by atoms with Crippen LogP contribution in [0.25, 0.3) is 0 Å². The van der Waals surface area contributed by atoms with Crippen molar-refractivity contribution in [2.24, 2.45) is 11.7 Å². The molecule has 1 aromatic carbocycles. The molecule has 3 N–H and O–H groups in total. The molecule has 0 saturated heterocycles. The number of nitrogens with two attached hydrogens (primary N) is 1. The Morgan fingerprint density at radius 3 is 2.44 bits per heavy atom. The molecule has 1 saturated carbocycles. The van der Waals surface area contributed by atoms with Crippen LogP contribution in [0.4, 0.5) is 11.4 Å². The van der Waals surface area contributed by atoms with E-state index in [0.717, 1.165) is 12.8 Å². The van der Waals surface area contributed by atoms with Crippen molar-refractivity contribution in [1.82, 2.24) is 0 Å². The van der Waals surface area contributed by atoms with E-state index < -0.39 is 4.92 Å². The largest absolute Gasteiger partial charge is 0.381 e. The number of hydrogen-bond donors (Lipinski definition) is 2. The number of nitro groups is 1. The molecule has 7 heteroatoms. The lowest BCUT2D eigenvalue weighted by atomic mass is 10.2. The molecule has 2 rings (SSSR count). The average molecular weight is 290 g/mol. The number of non-ortho nitro benzene ring substituents is 1. The van der Waals surface area contributed by atoms with Crippen LogP contribution in [0.2, 0.25) is 10.0 Å². The minimum Gasteiger partial charge on any atom is -0.381 e. The Balaban J connectivity index is 2.09. The van der Waals surface area contributed by atoms with Crippen LogP contribution < -0.4 is 11.1 Å². The van der Waals surface area contributed by atoms with E-state index in [1.165, 1.54) is 12.1 Å². The third-order valence-electron chi connectivity index (χ3n) is 2.98. The second-order valence-electron chi connectivity index (χ2n) is 4.42. The van der Waals surface area contributed by atoms with Gasteiger partial charge in [0.25, 0.3) is 5.69 Å². The van der Waals surface area contributed by atoms with E-state index in [2.05, 4.69) is 5.32 Å². The number of anilines is 1. The van der Waals surface area contributed by atoms with Gasteiger partial charge in [0, 0.05) is 24.7 Å². The predicted octanol–water partition coefficient (Wildman–Crippen LogP) is 3.05. The maximum Gasteiger partial charge on any atom is 0.272 e. The Morgan fingerprint density at radius 2 is 2.00 bits per heavy atom. The summed E-state index contributed by atoms with van der Waals surface area (Å²) in [7, 11) is 0. The molecule has 0 amide bonds. The monoisotopic (exact) mass is 289 g/mol. The van der Waals surface area contributed by atoms with Gasteiger partial charge in [0.1, 0.15) is 0 Å². The van der Waals surface area contributed by atoms with Gasteiger partial charge in [0.15, 0.2) is 0 Å². The predicted molar refractivity (Wildman–Crippen MR) is 72.3 cm³/mol. The lowest BCUT2D eigenvalue weighted by Crippen LogP contribution is -2.31. The first-order valence-corrected chi connectivity index (χ1v) is 6.37. The highest BCUT2D eigenvalue weighted by molar-refractivity contribution is 6.39. The van der Waals surface area contributed by atoms with E-state index >= 15 is 0 Å². The zero-order valence-electron chi connectivity index (χ0n) is 9.53. The van der Waals surface area contributed by atoms with Crippen molar-refractivity contribution in [2.45, 2.75) is 18.9 Å². The number of nitrogens with zero attached hydrogens (tertiary/aromatic N) is 1. The number of nitrogens with one attached hydrogen (secondary N) is 1. The smallest absolute Gasteiger partial charge is 0.272 e. The summed E-state index contributed by atoms with van der Waals surface area (Å²) in [5, 5.41) is 14.2. The van der Waals surface area contributed by atoms with Crippen LogP contribution in [-0.4, -0.2) is 17.5 Å². The molecule has 0 aliphatic heterocycles. The van der Waals surface area contributed by atoms with E-state index in [0.29, 0.717) is 18.2 Å². The summed E-state index contributed by atoms with van der Waals surface area (Å²) in [5.74, 6) is 0.563. The summed E-state index contributed by atoms with van der Waals surface area (Å²) in [6.07, 6.45) is 2.31. The average Bonchev–Trinajstić information content (AvgIpc) is 3.10. The van der Waals surface area contributed by atoms with Crippen molar-refractivity contribution < 1.29 is 4.92 Å². The van der Waals surface area contributed by atoms with Crippen molar-refractivity contribution >= 4 is 34.6 Å². The van der Waals surface area contributed by atoms with Crippen molar-refractivity contribution in [3.8, 4) is 0 Å². The van der Waals surface area contributed by atoms with Gasteiger partial charge in [-0.1, -0.05) is 23.2 Å². The Morgan fingerprint density at radius 1 is 1.44 bits per heavy atom. The van der Waals surface area contributed by atoms with Gasteiger partial charge in [-0.05, 0) is 18.8 Å². The molecule has 18 heavy (non-hydrogen) atoms. The number of benzene rings is 1. The molecule has 0 radical (unpaired) electrons. The van der Waals surface area contributed by atoms with Gasteiger partial charge in [-0.3, -0.25) is 10.1 Å². The molecular formula is C11H13Cl2N3O2. The van der Waals surface area contributed by atoms with Crippen LogP contribution in [0.5, 0.6) is 0 Å². The first kappa shape index (κ1) is 13.4. The molecular weight excluding hydrogens is 277 g/mol. The topological polar surface area (TPSA) is 81.2 Å². The maximum atomic E-state index is 10.6. The summed E-state index contributed by atoms with van der Waals surface area (Å²) in [6, 6.07) is 2.61. The second kappa shape index (κ2) is 5.30. The highest BCUT2D eigenvalue weighted by atomic mass is 35.5. The van der Waals surface area contributed by atoms with Gasteiger partial charge in [0.2, 0.25) is 0 Å². The van der Waals surface area contributed by atoms with E-state index in [1.54, 1.807) is 0 Å². The number of halogens is 2. The van der Waals surface area contributed by atoms with Gasteiger partial charge in [-0.25, -0.2) is 0 Å². The zero-order valence-corrected chi connectivity index (χ0v) is 11.0. The van der Waals surface area contributed by atoms with Crippen LogP contribution in [0.15, 0.2) is 12.1 Å². The SMILES string of the molecule is NC(CNc1c(Cl)cc([N+](=O)[O-])cc1Cl)C1CC1. The molecule has 0 aromatic heterocycles. The molecule has 1 aromatic rings. The van der Waals surface area contributed by atoms with Gasteiger partial charge in [-0.2, -0.15) is 0 Å². The van der Waals surface area contributed by atoms with E-state index in [1.807, 2.05) is 0 Å². The number of rotatable bonds is 5. The molecule has 1 unspecified atom stereocenters. The van der Waals surface area contributed by atoms with Crippen LogP contribution >= 0.6 is 23.2 Å². The van der Waals surface area contributed by atoms with E-state index in [4.69, 9.17) is 28.9 Å². The lowest BCUT2D eigenvalue weighted by molar-refractivity contribution is -0.384. The molecule has 0 heterocycles. The summed E-state index contributed by atoms with van der Waals surface area (Å²) in [6.45, 7) is 0.557. The zero-order chi connectivity index (χ0) is 13.3. The van der Waals surface area contributed by atoms with Crippen molar-refractivity contribution in [2.75, 3.05) is 11.9 Å². The summed E-state index contributed by atoms with van der Waals surface area (Å²) >= 11 is 11.9. The molecule has 5 nitrogen and oxygen atoms in total. The quantitative estimate of drug-likeness (QED) is 0.645. The van der Waals surface area contributed by atoms with Gasteiger partial charge in [-0.15, -0.1) is 0 Å². The Kier molecular flexibility index (Phi) is 3.94. The Hall–Kier alpha value is -1.04. The second-order valence-corrected chi connectivity index (χ2v) is 5.24. The molecule has 0 spiro atoms. The first-order valence-electron chi connectivity index (χ1n) is 5.62. The minimum atomic E-state index is -0.530. The van der Waals surface area contributed by atoms with Crippen molar-refractivity contribution in [3.63, 3.8) is 0 Å². The van der Waals surface area contributed by atoms with Crippen LogP contribution in [0.3, 0.4) is 0 Å². The fourth-order valence-electron chi connectivity index (χ4n) is 1.74. The minimum absolute atomic E-state index is 0.0623. The fourth-order valence-corrected chi connectivity index (χ4v) is 2.35. The standard InChI is InChI=1S/C11H13Cl2N3O2/c12-8-3-7(16(17)18)4-9(13)11(8)15-5-10(14)6-1-2-6/h3-4,6,10,15H,1-2,5,14H2. The molecule has 1 atom stereocenters. The van der Waals surface area contributed by atoms with Gasteiger partial charge < -0.3 is 11.1 Å². The third-order valence-corrected chi connectivity index (χ3v) is 3.58. The van der Waals surface area contributed by atoms with E-state index in [-0.39, 0.29) is 21.8 Å². The van der Waals surface area contributed by atoms with Crippen molar-refractivity contribution in [1.29, 1.82) is 0 Å². The van der Waals surface area contributed by atoms with Crippen LogP contribution in [0, 0.1) is 16.0 Å². The molecule has 1 fully saturated rings. The highest BCUT2D eigenvalue weighted by Crippen LogP contribution is 2.36. The summed E-state index contributed by atoms with van der Waals surface area (Å²) < 4.78 is 0. The van der Waals surface area contributed by atoms with Gasteiger partial charge in [0.05, 0.1) is 20.7 Å². The van der Waals surface area contributed by atoms with Gasteiger partial charge >= 0.3 is 0 Å². The van der Waals surface area contributed by atoms with E-state index in [9.17, 15) is 10.1 Å². The maximum absolute atomic E-state index is 10.6. The Bertz CT molecular complexity index is 454.